The Kier molecular flexibility index (Phi) is 3.41. The van der Waals surface area contributed by atoms with E-state index in [0.29, 0.717) is 18.6 Å². The lowest BCUT2D eigenvalue weighted by molar-refractivity contribution is -0.118. The largest absolute Gasteiger partial charge is 0.300 e. The molecule has 0 aromatic carbocycles. The van der Waals surface area contributed by atoms with Crippen LogP contribution < -0.4 is 0 Å². The van der Waals surface area contributed by atoms with Gasteiger partial charge >= 0.3 is 0 Å². The number of thiazole rings is 1. The van der Waals surface area contributed by atoms with Crippen molar-refractivity contribution >= 4 is 17.1 Å². The highest BCUT2D eigenvalue weighted by Crippen LogP contribution is 2.10. The lowest BCUT2D eigenvalue weighted by atomic mass is 10.1. The Bertz CT molecular complexity index is 267. The van der Waals surface area contributed by atoms with Crippen LogP contribution in [0.1, 0.15) is 30.5 Å². The predicted octanol–water partition coefficient (Wildman–Crippen LogP) is 2.36. The highest BCUT2D eigenvalue weighted by Gasteiger charge is 2.01. The summed E-state index contributed by atoms with van der Waals surface area (Å²) >= 11 is 1.64. The summed E-state index contributed by atoms with van der Waals surface area (Å²) in [6, 6.07) is 0. The minimum absolute atomic E-state index is 0.320. The highest BCUT2D eigenvalue weighted by molar-refractivity contribution is 7.09. The summed E-state index contributed by atoms with van der Waals surface area (Å²) in [6.45, 7) is 3.88. The normalized spacial score (nSPS) is 10.2. The van der Waals surface area contributed by atoms with E-state index in [-0.39, 0.29) is 0 Å². The monoisotopic (exact) mass is 183 g/mol. The number of hydrogen-bond donors (Lipinski definition) is 0. The number of rotatable bonds is 4. The Morgan fingerprint density at radius 2 is 2.42 bits per heavy atom. The third-order valence-electron chi connectivity index (χ3n) is 1.72. The van der Waals surface area contributed by atoms with Crippen molar-refractivity contribution in [1.29, 1.82) is 0 Å². The average Bonchev–Trinajstić information content (AvgIpc) is 2.47. The van der Waals surface area contributed by atoms with E-state index >= 15 is 0 Å². The number of carbonyl (C=O) groups is 1. The average molecular weight is 183 g/mol. The predicted molar refractivity (Wildman–Crippen MR) is 50.5 cm³/mol. The molecular weight excluding hydrogens is 170 g/mol. The lowest BCUT2D eigenvalue weighted by Crippen LogP contribution is -1.97. The van der Waals surface area contributed by atoms with Gasteiger partial charge in [-0.05, 0) is 13.3 Å². The Morgan fingerprint density at radius 3 is 2.92 bits per heavy atom. The van der Waals surface area contributed by atoms with Gasteiger partial charge < -0.3 is 0 Å². The number of aromatic nitrogens is 1. The van der Waals surface area contributed by atoms with Gasteiger partial charge in [0.25, 0.3) is 0 Å². The topological polar surface area (TPSA) is 30.0 Å². The molecule has 0 aliphatic heterocycles. The van der Waals surface area contributed by atoms with E-state index in [4.69, 9.17) is 0 Å². The molecule has 0 N–H and O–H groups in total. The molecule has 0 amide bonds. The third-order valence-corrected chi connectivity index (χ3v) is 2.54. The summed E-state index contributed by atoms with van der Waals surface area (Å²) in [4.78, 5) is 15.3. The standard InChI is InChI=1S/C9H13NOS/c1-3-9(11)5-4-8-6-12-7(2)10-8/h6H,3-5H2,1-2H3. The van der Waals surface area contributed by atoms with Gasteiger partial charge in [-0.25, -0.2) is 4.98 Å². The van der Waals surface area contributed by atoms with E-state index in [1.807, 2.05) is 19.2 Å². The first-order valence-electron chi connectivity index (χ1n) is 4.15. The van der Waals surface area contributed by atoms with E-state index in [1.165, 1.54) is 0 Å². The minimum Gasteiger partial charge on any atom is -0.300 e. The van der Waals surface area contributed by atoms with E-state index in [9.17, 15) is 4.79 Å². The van der Waals surface area contributed by atoms with Crippen LogP contribution in [-0.2, 0) is 11.2 Å². The Balaban J connectivity index is 2.38. The number of hydrogen-bond acceptors (Lipinski definition) is 3. The molecule has 2 nitrogen and oxygen atoms in total. The van der Waals surface area contributed by atoms with Crippen molar-refractivity contribution in [1.82, 2.24) is 4.98 Å². The second-order valence-electron chi connectivity index (χ2n) is 2.75. The fourth-order valence-electron chi connectivity index (χ4n) is 0.967. The van der Waals surface area contributed by atoms with E-state index in [0.717, 1.165) is 17.1 Å². The van der Waals surface area contributed by atoms with E-state index in [2.05, 4.69) is 4.98 Å². The summed E-state index contributed by atoms with van der Waals surface area (Å²) in [7, 11) is 0. The summed E-state index contributed by atoms with van der Waals surface area (Å²) in [5, 5.41) is 3.10. The van der Waals surface area contributed by atoms with Crippen molar-refractivity contribution in [3.05, 3.63) is 16.1 Å². The van der Waals surface area contributed by atoms with Crippen molar-refractivity contribution in [3.8, 4) is 0 Å². The molecule has 0 atom stereocenters. The first kappa shape index (κ1) is 9.39. The fourth-order valence-corrected chi connectivity index (χ4v) is 1.61. The Hall–Kier alpha value is -0.700. The van der Waals surface area contributed by atoms with Crippen molar-refractivity contribution in [2.45, 2.75) is 33.1 Å². The zero-order valence-electron chi connectivity index (χ0n) is 7.46. The molecule has 66 valence electrons. The number of carbonyl (C=O) groups excluding carboxylic acids is 1. The zero-order chi connectivity index (χ0) is 8.97. The third kappa shape index (κ3) is 2.74. The van der Waals surface area contributed by atoms with Gasteiger partial charge in [-0.3, -0.25) is 4.79 Å². The van der Waals surface area contributed by atoms with Crippen molar-refractivity contribution < 1.29 is 4.79 Å². The van der Waals surface area contributed by atoms with Gasteiger partial charge in [-0.15, -0.1) is 11.3 Å². The van der Waals surface area contributed by atoms with Crippen LogP contribution in [0.2, 0.25) is 0 Å². The van der Waals surface area contributed by atoms with Crippen LogP contribution in [0.3, 0.4) is 0 Å². The Labute approximate surface area is 76.6 Å². The molecule has 0 fully saturated rings. The van der Waals surface area contributed by atoms with Gasteiger partial charge in [-0.2, -0.15) is 0 Å². The van der Waals surface area contributed by atoms with Crippen LogP contribution in [0.15, 0.2) is 5.38 Å². The molecule has 1 aromatic rings. The van der Waals surface area contributed by atoms with Gasteiger partial charge in [0.1, 0.15) is 5.78 Å². The van der Waals surface area contributed by atoms with Crippen molar-refractivity contribution in [2.75, 3.05) is 0 Å². The quantitative estimate of drug-likeness (QED) is 0.717. The first-order valence-corrected chi connectivity index (χ1v) is 5.03. The van der Waals surface area contributed by atoms with E-state index in [1.54, 1.807) is 11.3 Å². The van der Waals surface area contributed by atoms with Crippen LogP contribution in [0, 0.1) is 6.92 Å². The number of Topliss-reactive ketones (excluding diaryl/α,β-unsaturated/α-hetero) is 1. The SMILES string of the molecule is CCC(=O)CCc1csc(C)n1. The Morgan fingerprint density at radius 1 is 1.67 bits per heavy atom. The van der Waals surface area contributed by atoms with E-state index < -0.39 is 0 Å². The zero-order valence-corrected chi connectivity index (χ0v) is 8.28. The van der Waals surface area contributed by atoms with Gasteiger partial charge in [0, 0.05) is 18.2 Å². The maximum atomic E-state index is 11.0. The van der Waals surface area contributed by atoms with Crippen molar-refractivity contribution in [3.63, 3.8) is 0 Å². The molecule has 0 saturated heterocycles. The molecule has 0 bridgehead atoms. The highest BCUT2D eigenvalue weighted by atomic mass is 32.1. The molecule has 1 aromatic heterocycles. The summed E-state index contributed by atoms with van der Waals surface area (Å²) in [5.74, 6) is 0.320. The van der Waals surface area contributed by atoms with Crippen molar-refractivity contribution in [2.24, 2.45) is 0 Å². The molecular formula is C9H13NOS. The molecule has 0 aliphatic carbocycles. The van der Waals surface area contributed by atoms with Crippen LogP contribution in [0.5, 0.6) is 0 Å². The molecule has 12 heavy (non-hydrogen) atoms. The summed E-state index contributed by atoms with van der Waals surface area (Å²) < 4.78 is 0. The maximum absolute atomic E-state index is 11.0. The van der Waals surface area contributed by atoms with Gasteiger partial charge in [0.05, 0.1) is 10.7 Å². The second-order valence-corrected chi connectivity index (χ2v) is 3.81. The van der Waals surface area contributed by atoms with Gasteiger partial charge in [0.15, 0.2) is 0 Å². The summed E-state index contributed by atoms with van der Waals surface area (Å²) in [5.41, 5.74) is 1.05. The van der Waals surface area contributed by atoms with Crippen LogP contribution >= 0.6 is 11.3 Å². The molecule has 0 unspecified atom stereocenters. The minimum atomic E-state index is 0.320. The molecule has 0 spiro atoms. The van der Waals surface area contributed by atoms with Gasteiger partial charge in [-0.1, -0.05) is 6.92 Å². The number of nitrogens with zero attached hydrogens (tertiary/aromatic N) is 1. The first-order chi connectivity index (χ1) is 5.72. The molecule has 3 heteroatoms. The van der Waals surface area contributed by atoms with Crippen LogP contribution in [0.25, 0.3) is 0 Å². The second kappa shape index (κ2) is 4.36. The summed E-state index contributed by atoms with van der Waals surface area (Å²) in [6.07, 6.45) is 2.08. The molecule has 1 heterocycles. The fraction of sp³-hybridized carbons (Fsp3) is 0.556. The van der Waals surface area contributed by atoms with Gasteiger partial charge in [0.2, 0.25) is 0 Å². The molecule has 0 aliphatic rings. The molecule has 0 radical (unpaired) electrons. The maximum Gasteiger partial charge on any atom is 0.133 e. The lowest BCUT2D eigenvalue weighted by Gasteiger charge is -1.93. The number of ketones is 1. The molecule has 0 saturated carbocycles. The number of aryl methyl sites for hydroxylation is 2. The smallest absolute Gasteiger partial charge is 0.133 e. The molecule has 1 rings (SSSR count). The van der Waals surface area contributed by atoms with Crippen LogP contribution in [-0.4, -0.2) is 10.8 Å². The van der Waals surface area contributed by atoms with Crippen LogP contribution in [0.4, 0.5) is 0 Å².